The molecule has 0 spiro atoms. The van der Waals surface area contributed by atoms with Crippen molar-refractivity contribution in [2.24, 2.45) is 0 Å². The first-order chi connectivity index (χ1) is 12.8. The zero-order chi connectivity index (χ0) is 20.0. The van der Waals surface area contributed by atoms with Crippen LogP contribution in [0.5, 0.6) is 5.75 Å². The molecule has 0 saturated heterocycles. The van der Waals surface area contributed by atoms with Gasteiger partial charge in [-0.1, -0.05) is 6.07 Å². The van der Waals surface area contributed by atoms with Gasteiger partial charge in [-0.05, 0) is 49.2 Å². The van der Waals surface area contributed by atoms with Crippen molar-refractivity contribution >= 4 is 17.3 Å². The van der Waals surface area contributed by atoms with Crippen molar-refractivity contribution in [3.05, 3.63) is 63.5 Å². The van der Waals surface area contributed by atoms with Crippen molar-refractivity contribution in [3.63, 3.8) is 0 Å². The molecule has 0 aromatic heterocycles. The molecule has 0 atom stereocenters. The maximum atomic E-state index is 13.1. The Kier molecular flexibility index (Phi) is 6.44. The van der Waals surface area contributed by atoms with Crippen molar-refractivity contribution in [3.8, 4) is 11.8 Å². The number of anilines is 1. The highest BCUT2D eigenvalue weighted by atomic mass is 19.1. The molecule has 0 heterocycles. The Morgan fingerprint density at radius 2 is 1.96 bits per heavy atom. The van der Waals surface area contributed by atoms with Gasteiger partial charge in [0.15, 0.2) is 6.61 Å². The summed E-state index contributed by atoms with van der Waals surface area (Å²) in [6, 6.07) is 10.3. The van der Waals surface area contributed by atoms with E-state index in [0.29, 0.717) is 16.8 Å². The van der Waals surface area contributed by atoms with E-state index in [9.17, 15) is 19.3 Å². The lowest BCUT2D eigenvalue weighted by molar-refractivity contribution is -0.385. The zero-order valence-corrected chi connectivity index (χ0v) is 14.9. The molecule has 2 aromatic rings. The predicted molar refractivity (Wildman–Crippen MR) is 97.0 cm³/mol. The lowest BCUT2D eigenvalue weighted by Crippen LogP contribution is -2.35. The SMILES string of the molecule is Cc1cc(C)c(OCC(=O)N(CCC#N)c2ccc(F)cc2)c([N+](=O)[O-])c1. The Hall–Kier alpha value is -3.47. The second-order valence-corrected chi connectivity index (χ2v) is 5.91. The number of hydrogen-bond donors (Lipinski definition) is 0. The summed E-state index contributed by atoms with van der Waals surface area (Å²) in [5.74, 6) is -0.919. The Labute approximate surface area is 155 Å². The number of ether oxygens (including phenoxy) is 1. The molecule has 0 N–H and O–H groups in total. The minimum atomic E-state index is -0.562. The number of benzene rings is 2. The van der Waals surface area contributed by atoms with Crippen LogP contribution in [0.1, 0.15) is 17.5 Å². The Morgan fingerprint density at radius 1 is 1.30 bits per heavy atom. The summed E-state index contributed by atoms with van der Waals surface area (Å²) in [5.41, 5.74) is 1.45. The molecule has 7 nitrogen and oxygen atoms in total. The van der Waals surface area contributed by atoms with E-state index in [0.717, 1.165) is 0 Å². The summed E-state index contributed by atoms with van der Waals surface area (Å²) in [6.45, 7) is 3.03. The average molecular weight is 371 g/mol. The van der Waals surface area contributed by atoms with Crippen LogP contribution in [0.25, 0.3) is 0 Å². The molecule has 0 bridgehead atoms. The highest BCUT2D eigenvalue weighted by Crippen LogP contribution is 2.32. The quantitative estimate of drug-likeness (QED) is 0.546. The Morgan fingerprint density at radius 3 is 2.56 bits per heavy atom. The van der Waals surface area contributed by atoms with Crippen LogP contribution in [0, 0.1) is 41.1 Å². The topological polar surface area (TPSA) is 96.5 Å². The number of halogens is 1. The van der Waals surface area contributed by atoms with Crippen molar-refractivity contribution < 1.29 is 18.8 Å². The third-order valence-corrected chi connectivity index (χ3v) is 3.82. The standard InChI is InChI=1S/C19H18FN3O4/c1-13-10-14(2)19(17(11-13)23(25)26)27-12-18(24)22(9-3-8-21)16-6-4-15(20)5-7-16/h4-7,10-11H,3,9,12H2,1-2H3. The first kappa shape index (κ1) is 19.8. The molecule has 27 heavy (non-hydrogen) atoms. The third-order valence-electron chi connectivity index (χ3n) is 3.82. The summed E-state index contributed by atoms with van der Waals surface area (Å²) >= 11 is 0. The minimum absolute atomic E-state index is 0.0262. The average Bonchev–Trinajstić information content (AvgIpc) is 2.62. The van der Waals surface area contributed by atoms with E-state index in [1.165, 1.54) is 35.2 Å². The molecule has 2 rings (SSSR count). The number of carbonyl (C=O) groups is 1. The largest absolute Gasteiger partial charge is 0.477 e. The minimum Gasteiger partial charge on any atom is -0.477 e. The van der Waals surface area contributed by atoms with E-state index in [2.05, 4.69) is 0 Å². The number of rotatable bonds is 7. The summed E-state index contributed by atoms with van der Waals surface area (Å²) < 4.78 is 18.6. The lowest BCUT2D eigenvalue weighted by Gasteiger charge is -2.22. The van der Waals surface area contributed by atoms with Gasteiger partial charge in [0.25, 0.3) is 5.91 Å². The maximum absolute atomic E-state index is 13.1. The molecule has 0 saturated carbocycles. The molecular formula is C19H18FN3O4. The number of nitrogens with zero attached hydrogens (tertiary/aromatic N) is 3. The van der Waals surface area contributed by atoms with Gasteiger partial charge in [0.1, 0.15) is 5.82 Å². The number of carbonyl (C=O) groups excluding carboxylic acids is 1. The molecule has 0 radical (unpaired) electrons. The maximum Gasteiger partial charge on any atom is 0.311 e. The monoisotopic (exact) mass is 371 g/mol. The van der Waals surface area contributed by atoms with E-state index in [-0.39, 0.29) is 24.4 Å². The molecule has 1 amide bonds. The van der Waals surface area contributed by atoms with Crippen LogP contribution in [-0.2, 0) is 4.79 Å². The number of aryl methyl sites for hydroxylation is 2. The molecule has 0 aliphatic heterocycles. The van der Waals surface area contributed by atoms with Gasteiger partial charge < -0.3 is 9.64 Å². The fraction of sp³-hybridized carbons (Fsp3) is 0.263. The van der Waals surface area contributed by atoms with E-state index < -0.39 is 23.3 Å². The second-order valence-electron chi connectivity index (χ2n) is 5.91. The molecular weight excluding hydrogens is 353 g/mol. The number of amides is 1. The lowest BCUT2D eigenvalue weighted by atomic mass is 10.1. The van der Waals surface area contributed by atoms with Crippen LogP contribution in [0.15, 0.2) is 36.4 Å². The first-order valence-corrected chi connectivity index (χ1v) is 8.14. The molecule has 0 aliphatic carbocycles. The number of nitro benzene ring substituents is 1. The van der Waals surface area contributed by atoms with E-state index >= 15 is 0 Å². The molecule has 0 aliphatic rings. The molecule has 140 valence electrons. The van der Waals surface area contributed by atoms with Crippen LogP contribution >= 0.6 is 0 Å². The Balaban J connectivity index is 2.22. The van der Waals surface area contributed by atoms with Crippen LogP contribution in [0.3, 0.4) is 0 Å². The highest BCUT2D eigenvalue weighted by Gasteiger charge is 2.22. The summed E-state index contributed by atoms with van der Waals surface area (Å²) in [5, 5.41) is 20.1. The fourth-order valence-corrected chi connectivity index (χ4v) is 2.65. The molecule has 8 heteroatoms. The highest BCUT2D eigenvalue weighted by molar-refractivity contribution is 5.94. The summed E-state index contributed by atoms with van der Waals surface area (Å²) in [7, 11) is 0. The van der Waals surface area contributed by atoms with Gasteiger partial charge in [0, 0.05) is 18.3 Å². The number of nitro groups is 1. The number of hydrogen-bond acceptors (Lipinski definition) is 5. The van der Waals surface area contributed by atoms with E-state index in [1.54, 1.807) is 19.9 Å². The second kappa shape index (κ2) is 8.76. The van der Waals surface area contributed by atoms with Crippen molar-refractivity contribution in [1.82, 2.24) is 0 Å². The smallest absolute Gasteiger partial charge is 0.311 e. The summed E-state index contributed by atoms with van der Waals surface area (Å²) in [4.78, 5) is 24.6. The molecule has 0 fully saturated rings. The van der Waals surface area contributed by atoms with E-state index in [1.807, 2.05) is 6.07 Å². The molecule has 0 unspecified atom stereocenters. The van der Waals surface area contributed by atoms with Gasteiger partial charge in [0.2, 0.25) is 5.75 Å². The van der Waals surface area contributed by atoms with Crippen LogP contribution < -0.4 is 9.64 Å². The Bertz CT molecular complexity index is 891. The van der Waals surface area contributed by atoms with E-state index in [4.69, 9.17) is 10.00 Å². The van der Waals surface area contributed by atoms with Gasteiger partial charge in [-0.2, -0.15) is 5.26 Å². The van der Waals surface area contributed by atoms with Crippen molar-refractivity contribution in [1.29, 1.82) is 5.26 Å². The van der Waals surface area contributed by atoms with Crippen LogP contribution in [0.4, 0.5) is 15.8 Å². The van der Waals surface area contributed by atoms with Gasteiger partial charge in [-0.15, -0.1) is 0 Å². The van der Waals surface area contributed by atoms with Crippen molar-refractivity contribution in [2.45, 2.75) is 20.3 Å². The fourth-order valence-electron chi connectivity index (χ4n) is 2.65. The van der Waals surface area contributed by atoms with Gasteiger partial charge in [-0.3, -0.25) is 14.9 Å². The predicted octanol–water partition coefficient (Wildman–Crippen LogP) is 3.68. The van der Waals surface area contributed by atoms with Gasteiger partial charge >= 0.3 is 5.69 Å². The number of nitriles is 1. The normalized spacial score (nSPS) is 10.1. The van der Waals surface area contributed by atoms with Crippen molar-refractivity contribution in [2.75, 3.05) is 18.1 Å². The summed E-state index contributed by atoms with van der Waals surface area (Å²) in [6.07, 6.45) is 0.0762. The van der Waals surface area contributed by atoms with Gasteiger partial charge in [-0.25, -0.2) is 4.39 Å². The molecule has 2 aromatic carbocycles. The van der Waals surface area contributed by atoms with Crippen LogP contribution in [0.2, 0.25) is 0 Å². The van der Waals surface area contributed by atoms with Crippen LogP contribution in [-0.4, -0.2) is 24.0 Å². The zero-order valence-electron chi connectivity index (χ0n) is 14.9. The van der Waals surface area contributed by atoms with Gasteiger partial charge in [0.05, 0.1) is 17.4 Å². The first-order valence-electron chi connectivity index (χ1n) is 8.14. The third kappa shape index (κ3) is 5.01.